The molecule has 0 saturated heterocycles. The van der Waals surface area contributed by atoms with E-state index in [1.54, 1.807) is 6.92 Å². The molecule has 13 heavy (non-hydrogen) atoms. The maximum absolute atomic E-state index is 12.6. The molecular formula is C10H8FNO. The molecule has 1 aromatic rings. The van der Waals surface area contributed by atoms with Gasteiger partial charge in [0.05, 0.1) is 0 Å². The molecule has 0 aliphatic heterocycles. The lowest BCUT2D eigenvalue weighted by Crippen LogP contribution is -1.94. The van der Waals surface area contributed by atoms with E-state index in [0.29, 0.717) is 0 Å². The smallest absolute Gasteiger partial charge is 0.266 e. The molecule has 0 fully saturated rings. The number of hydrogen-bond acceptors (Lipinski definition) is 1. The number of carbonyl (C=O) groups excluding carboxylic acids is 1. The van der Waals surface area contributed by atoms with Gasteiger partial charge in [-0.25, -0.2) is 4.39 Å². The molecule has 1 rings (SSSR count). The van der Waals surface area contributed by atoms with Crippen LogP contribution in [0.3, 0.4) is 0 Å². The number of nitrogens with zero attached hydrogens (tertiary/aromatic N) is 1. The Labute approximate surface area is 75.4 Å². The Hall–Kier alpha value is -1.73. The van der Waals surface area contributed by atoms with Crippen LogP contribution in [0, 0.1) is 5.82 Å². The van der Waals surface area contributed by atoms with E-state index in [2.05, 4.69) is 10.9 Å². The van der Waals surface area contributed by atoms with Gasteiger partial charge >= 0.3 is 0 Å². The van der Waals surface area contributed by atoms with Crippen molar-refractivity contribution in [2.24, 2.45) is 4.99 Å². The molecule has 2 nitrogen and oxygen atoms in total. The molecule has 1 amide bonds. The molecule has 0 heterocycles. The normalized spacial score (nSPS) is 8.77. The number of halogens is 1. The predicted octanol–water partition coefficient (Wildman–Crippen LogP) is 2.21. The van der Waals surface area contributed by atoms with Crippen molar-refractivity contribution in [3.05, 3.63) is 41.7 Å². The van der Waals surface area contributed by atoms with E-state index in [4.69, 9.17) is 0 Å². The first-order chi connectivity index (χ1) is 6.24. The number of allylic oxidation sites excluding steroid dienone is 1. The lowest BCUT2D eigenvalue weighted by Gasteiger charge is -1.92. The zero-order chi connectivity index (χ0) is 9.68. The van der Waals surface area contributed by atoms with E-state index in [0.717, 1.165) is 6.07 Å². The minimum Gasteiger partial charge on any atom is -0.266 e. The third-order valence-electron chi connectivity index (χ3n) is 1.37. The molecule has 0 spiro atoms. The number of hydrogen-bond donors (Lipinski definition) is 0. The van der Waals surface area contributed by atoms with Crippen LogP contribution >= 0.6 is 0 Å². The van der Waals surface area contributed by atoms with Crippen LogP contribution in [0.4, 0.5) is 4.39 Å². The Kier molecular flexibility index (Phi) is 3.12. The molecular weight excluding hydrogens is 169 g/mol. The molecule has 0 aliphatic carbocycles. The molecule has 66 valence electrons. The topological polar surface area (TPSA) is 29.4 Å². The van der Waals surface area contributed by atoms with Gasteiger partial charge in [-0.3, -0.25) is 4.79 Å². The fraction of sp³-hybridized carbons (Fsp3) is 0.100. The predicted molar refractivity (Wildman–Crippen MR) is 48.4 cm³/mol. The first kappa shape index (κ1) is 9.36. The number of amides is 1. The van der Waals surface area contributed by atoms with Gasteiger partial charge in [0, 0.05) is 5.56 Å². The fourth-order valence-corrected chi connectivity index (χ4v) is 0.809. The first-order valence-electron chi connectivity index (χ1n) is 3.78. The highest BCUT2D eigenvalue weighted by atomic mass is 19.1. The SMILES string of the molecule is CC=C=NC(=O)c1cccc(F)c1. The lowest BCUT2D eigenvalue weighted by molar-refractivity contribution is 0.100. The zero-order valence-electron chi connectivity index (χ0n) is 7.12. The zero-order valence-corrected chi connectivity index (χ0v) is 7.12. The molecule has 0 saturated carbocycles. The highest BCUT2D eigenvalue weighted by Gasteiger charge is 2.02. The van der Waals surface area contributed by atoms with Gasteiger partial charge in [0.25, 0.3) is 5.91 Å². The van der Waals surface area contributed by atoms with Gasteiger partial charge in [-0.1, -0.05) is 6.07 Å². The third kappa shape index (κ3) is 2.65. The van der Waals surface area contributed by atoms with Crippen LogP contribution in [0.5, 0.6) is 0 Å². The summed E-state index contributed by atoms with van der Waals surface area (Å²) in [6, 6.07) is 5.39. The summed E-state index contributed by atoms with van der Waals surface area (Å²) in [7, 11) is 0. The molecule has 0 atom stereocenters. The van der Waals surface area contributed by atoms with Gasteiger partial charge in [0.1, 0.15) is 5.82 Å². The Balaban J connectivity index is 2.96. The minimum atomic E-state index is -0.488. The first-order valence-corrected chi connectivity index (χ1v) is 3.78. The van der Waals surface area contributed by atoms with Crippen LogP contribution < -0.4 is 0 Å². The molecule has 3 heteroatoms. The van der Waals surface area contributed by atoms with Crippen LogP contribution in [0.25, 0.3) is 0 Å². The summed E-state index contributed by atoms with van der Waals surface area (Å²) >= 11 is 0. The van der Waals surface area contributed by atoms with Crippen LogP contribution in [-0.4, -0.2) is 11.8 Å². The average Bonchev–Trinajstić information content (AvgIpc) is 2.14. The molecule has 1 aromatic carbocycles. The number of rotatable bonds is 1. The van der Waals surface area contributed by atoms with Crippen molar-refractivity contribution in [1.82, 2.24) is 0 Å². The van der Waals surface area contributed by atoms with E-state index < -0.39 is 11.7 Å². The second-order valence-electron chi connectivity index (χ2n) is 2.35. The van der Waals surface area contributed by atoms with Crippen molar-refractivity contribution in [1.29, 1.82) is 0 Å². The van der Waals surface area contributed by atoms with E-state index in [9.17, 15) is 9.18 Å². The molecule has 0 aliphatic rings. The highest BCUT2D eigenvalue weighted by molar-refractivity contribution is 5.98. The Morgan fingerprint density at radius 2 is 2.38 bits per heavy atom. The molecule has 0 bridgehead atoms. The van der Waals surface area contributed by atoms with Gasteiger partial charge < -0.3 is 0 Å². The van der Waals surface area contributed by atoms with Crippen LogP contribution in [0.2, 0.25) is 0 Å². The van der Waals surface area contributed by atoms with Crippen LogP contribution in [0.15, 0.2) is 35.3 Å². The van der Waals surface area contributed by atoms with Gasteiger partial charge in [-0.05, 0) is 37.1 Å². The lowest BCUT2D eigenvalue weighted by atomic mass is 10.2. The average molecular weight is 177 g/mol. The summed E-state index contributed by atoms with van der Waals surface area (Å²) in [5.74, 6) is 1.46. The third-order valence-corrected chi connectivity index (χ3v) is 1.37. The molecule has 0 radical (unpaired) electrons. The quantitative estimate of drug-likeness (QED) is 0.605. The largest absolute Gasteiger partial charge is 0.285 e. The number of carbonyl (C=O) groups is 1. The number of aliphatic imine (C=N–C) groups is 1. The Morgan fingerprint density at radius 3 is 3.00 bits per heavy atom. The van der Waals surface area contributed by atoms with Crippen molar-refractivity contribution in [2.75, 3.05) is 0 Å². The standard InChI is InChI=1S/C10H8FNO/c1-2-6-12-10(13)8-4-3-5-9(11)7-8/h2-5,7H,1H3. The summed E-state index contributed by atoms with van der Waals surface area (Å²) in [5, 5.41) is 0. The Bertz CT molecular complexity index is 378. The minimum absolute atomic E-state index is 0.231. The van der Waals surface area contributed by atoms with E-state index in [-0.39, 0.29) is 5.56 Å². The monoisotopic (exact) mass is 177 g/mol. The summed E-state index contributed by atoms with van der Waals surface area (Å²) in [6.07, 6.45) is 1.51. The van der Waals surface area contributed by atoms with Crippen LogP contribution in [0.1, 0.15) is 17.3 Å². The number of benzene rings is 1. The summed E-state index contributed by atoms with van der Waals surface area (Å²) in [4.78, 5) is 14.6. The maximum Gasteiger partial charge on any atom is 0.285 e. The van der Waals surface area contributed by atoms with Gasteiger partial charge in [-0.2, -0.15) is 4.99 Å². The molecule has 0 N–H and O–H groups in total. The van der Waals surface area contributed by atoms with Crippen molar-refractivity contribution in [3.63, 3.8) is 0 Å². The molecule has 0 aromatic heterocycles. The Morgan fingerprint density at radius 1 is 1.62 bits per heavy atom. The van der Waals surface area contributed by atoms with Crippen molar-refractivity contribution < 1.29 is 9.18 Å². The second kappa shape index (κ2) is 4.33. The van der Waals surface area contributed by atoms with Crippen molar-refractivity contribution in [2.45, 2.75) is 6.92 Å². The van der Waals surface area contributed by atoms with Crippen molar-refractivity contribution >= 4 is 11.8 Å². The van der Waals surface area contributed by atoms with E-state index in [1.165, 1.54) is 24.3 Å². The van der Waals surface area contributed by atoms with Gasteiger partial charge in [-0.15, -0.1) is 0 Å². The van der Waals surface area contributed by atoms with Gasteiger partial charge in [0.2, 0.25) is 0 Å². The maximum atomic E-state index is 12.6. The summed E-state index contributed by atoms with van der Waals surface area (Å²) in [5.41, 5.74) is 0.231. The van der Waals surface area contributed by atoms with Crippen LogP contribution in [-0.2, 0) is 0 Å². The molecule has 0 unspecified atom stereocenters. The van der Waals surface area contributed by atoms with E-state index >= 15 is 0 Å². The second-order valence-corrected chi connectivity index (χ2v) is 2.35. The fourth-order valence-electron chi connectivity index (χ4n) is 0.809. The summed E-state index contributed by atoms with van der Waals surface area (Å²) in [6.45, 7) is 1.70. The highest BCUT2D eigenvalue weighted by Crippen LogP contribution is 2.04. The van der Waals surface area contributed by atoms with Crippen molar-refractivity contribution in [3.8, 4) is 0 Å². The van der Waals surface area contributed by atoms with E-state index in [1.807, 2.05) is 0 Å². The summed E-state index contributed by atoms with van der Waals surface area (Å²) < 4.78 is 12.6. The van der Waals surface area contributed by atoms with Gasteiger partial charge in [0.15, 0.2) is 0 Å².